The fourth-order valence-electron chi connectivity index (χ4n) is 3.80. The van der Waals surface area contributed by atoms with Crippen LogP contribution < -0.4 is 10.6 Å². The van der Waals surface area contributed by atoms with E-state index in [0.29, 0.717) is 5.11 Å². The van der Waals surface area contributed by atoms with Gasteiger partial charge in [0.2, 0.25) is 0 Å². The number of thiocarbonyl (C=S) groups is 1. The molecular formula is C29H28N2S2. The first kappa shape index (κ1) is 23.1. The zero-order valence-corrected chi connectivity index (χ0v) is 20.5. The first-order valence-electron chi connectivity index (χ1n) is 11.0. The standard InChI is InChI=1S/C29H28N2S2/c1-21-13-18-27(22(2)19-21)28(24-9-5-3-6-10-24)31-29(32)30-25-16-14-23(15-17-25)20-33-26-11-7-4-8-12-26/h3-19,28H,20H2,1-2H3,(H2,30,31,32)/t28-/m1/s1. The molecule has 0 aliphatic heterocycles. The molecule has 0 aliphatic carbocycles. The van der Waals surface area contributed by atoms with Gasteiger partial charge < -0.3 is 10.6 Å². The van der Waals surface area contributed by atoms with E-state index < -0.39 is 0 Å². The highest BCUT2D eigenvalue weighted by Crippen LogP contribution is 2.26. The van der Waals surface area contributed by atoms with E-state index in [1.807, 2.05) is 23.9 Å². The minimum Gasteiger partial charge on any atom is -0.352 e. The number of hydrogen-bond donors (Lipinski definition) is 2. The summed E-state index contributed by atoms with van der Waals surface area (Å²) in [5.74, 6) is 0.940. The zero-order valence-electron chi connectivity index (χ0n) is 18.9. The number of hydrogen-bond acceptors (Lipinski definition) is 2. The number of anilines is 1. The van der Waals surface area contributed by atoms with E-state index in [1.165, 1.54) is 32.7 Å². The van der Waals surface area contributed by atoms with Gasteiger partial charge in [-0.15, -0.1) is 11.8 Å². The Morgan fingerprint density at radius 3 is 2.15 bits per heavy atom. The van der Waals surface area contributed by atoms with Crippen LogP contribution >= 0.6 is 24.0 Å². The summed E-state index contributed by atoms with van der Waals surface area (Å²) in [5.41, 5.74) is 7.18. The van der Waals surface area contributed by atoms with Gasteiger partial charge in [-0.2, -0.15) is 0 Å². The molecule has 0 fully saturated rings. The van der Waals surface area contributed by atoms with Crippen LogP contribution in [-0.2, 0) is 5.75 Å². The Balaban J connectivity index is 1.43. The number of rotatable bonds is 7. The minimum absolute atomic E-state index is 0.0201. The molecular weight excluding hydrogens is 440 g/mol. The van der Waals surface area contributed by atoms with Gasteiger partial charge in [0.1, 0.15) is 0 Å². The smallest absolute Gasteiger partial charge is 0.171 e. The van der Waals surface area contributed by atoms with Gasteiger partial charge in [0, 0.05) is 16.3 Å². The lowest BCUT2D eigenvalue weighted by Gasteiger charge is -2.24. The third-order valence-corrected chi connectivity index (χ3v) is 6.81. The van der Waals surface area contributed by atoms with Crippen LogP contribution in [0.5, 0.6) is 0 Å². The molecule has 0 unspecified atom stereocenters. The normalized spacial score (nSPS) is 11.6. The molecule has 0 bridgehead atoms. The van der Waals surface area contributed by atoms with E-state index >= 15 is 0 Å². The number of aryl methyl sites for hydroxylation is 2. The predicted octanol–water partition coefficient (Wildman–Crippen LogP) is 7.67. The van der Waals surface area contributed by atoms with E-state index in [2.05, 4.69) is 115 Å². The van der Waals surface area contributed by atoms with Crippen LogP contribution in [0.3, 0.4) is 0 Å². The van der Waals surface area contributed by atoms with Crippen molar-refractivity contribution >= 4 is 34.8 Å². The Kier molecular flexibility index (Phi) is 7.82. The summed E-state index contributed by atoms with van der Waals surface area (Å²) in [7, 11) is 0. The maximum Gasteiger partial charge on any atom is 0.171 e. The second-order valence-corrected chi connectivity index (χ2v) is 9.56. The molecule has 0 saturated heterocycles. The third-order valence-electron chi connectivity index (χ3n) is 5.51. The van der Waals surface area contributed by atoms with Crippen molar-refractivity contribution in [1.82, 2.24) is 5.32 Å². The molecule has 4 rings (SSSR count). The molecule has 0 heterocycles. The summed E-state index contributed by atoms with van der Waals surface area (Å²) >= 11 is 7.54. The van der Waals surface area contributed by atoms with Crippen LogP contribution in [0.1, 0.15) is 33.9 Å². The fourth-order valence-corrected chi connectivity index (χ4v) is 4.91. The Hall–Kier alpha value is -3.08. The van der Waals surface area contributed by atoms with Crippen molar-refractivity contribution in [3.05, 3.63) is 131 Å². The molecule has 0 saturated carbocycles. The predicted molar refractivity (Wildman–Crippen MR) is 146 cm³/mol. The Morgan fingerprint density at radius 2 is 1.48 bits per heavy atom. The summed E-state index contributed by atoms with van der Waals surface area (Å²) in [6.45, 7) is 4.28. The van der Waals surface area contributed by atoms with Crippen molar-refractivity contribution < 1.29 is 0 Å². The first-order valence-corrected chi connectivity index (χ1v) is 12.4. The summed E-state index contributed by atoms with van der Waals surface area (Å²) in [6, 6.07) is 35.9. The Bertz CT molecular complexity index is 1190. The van der Waals surface area contributed by atoms with Gasteiger partial charge in [-0.25, -0.2) is 0 Å². The highest BCUT2D eigenvalue weighted by molar-refractivity contribution is 7.98. The maximum absolute atomic E-state index is 5.70. The molecule has 1 atom stereocenters. The molecule has 4 heteroatoms. The SMILES string of the molecule is Cc1ccc([C@H](NC(=S)Nc2ccc(CSc3ccccc3)cc2)c2ccccc2)c(C)c1. The van der Waals surface area contributed by atoms with Gasteiger partial charge in [-0.05, 0) is 72.6 Å². The van der Waals surface area contributed by atoms with Crippen molar-refractivity contribution in [2.24, 2.45) is 0 Å². The van der Waals surface area contributed by atoms with Crippen LogP contribution in [0.25, 0.3) is 0 Å². The van der Waals surface area contributed by atoms with Gasteiger partial charge >= 0.3 is 0 Å². The Labute approximate surface area is 206 Å². The van der Waals surface area contributed by atoms with Crippen molar-refractivity contribution in [1.29, 1.82) is 0 Å². The van der Waals surface area contributed by atoms with Gasteiger partial charge in [-0.1, -0.05) is 84.4 Å². The summed E-state index contributed by atoms with van der Waals surface area (Å²) in [5, 5.41) is 7.50. The number of benzene rings is 4. The van der Waals surface area contributed by atoms with Crippen molar-refractivity contribution in [2.45, 2.75) is 30.5 Å². The lowest BCUT2D eigenvalue weighted by Crippen LogP contribution is -2.33. The first-order chi connectivity index (χ1) is 16.1. The van der Waals surface area contributed by atoms with Crippen LogP contribution in [0.15, 0.2) is 108 Å². The highest BCUT2D eigenvalue weighted by atomic mass is 32.2. The lowest BCUT2D eigenvalue weighted by atomic mass is 9.94. The number of thioether (sulfide) groups is 1. The largest absolute Gasteiger partial charge is 0.352 e. The molecule has 0 aliphatic rings. The fraction of sp³-hybridized carbons (Fsp3) is 0.138. The third kappa shape index (κ3) is 6.47. The van der Waals surface area contributed by atoms with Crippen molar-refractivity contribution in [3.8, 4) is 0 Å². The van der Waals surface area contributed by atoms with Gasteiger partial charge in [0.15, 0.2) is 5.11 Å². The molecule has 4 aromatic carbocycles. The average molecular weight is 469 g/mol. The average Bonchev–Trinajstić information content (AvgIpc) is 2.84. The molecule has 0 aromatic heterocycles. The molecule has 166 valence electrons. The molecule has 0 spiro atoms. The zero-order chi connectivity index (χ0) is 23.0. The van der Waals surface area contributed by atoms with E-state index in [-0.39, 0.29) is 6.04 Å². The van der Waals surface area contributed by atoms with Crippen LogP contribution in [0, 0.1) is 13.8 Å². The van der Waals surface area contributed by atoms with Crippen LogP contribution in [0.4, 0.5) is 5.69 Å². The summed E-state index contributed by atoms with van der Waals surface area (Å²) < 4.78 is 0. The summed E-state index contributed by atoms with van der Waals surface area (Å²) in [4.78, 5) is 1.28. The van der Waals surface area contributed by atoms with E-state index in [0.717, 1.165) is 11.4 Å². The topological polar surface area (TPSA) is 24.1 Å². The van der Waals surface area contributed by atoms with E-state index in [9.17, 15) is 0 Å². The highest BCUT2D eigenvalue weighted by Gasteiger charge is 2.17. The number of nitrogens with one attached hydrogen (secondary N) is 2. The van der Waals surface area contributed by atoms with E-state index in [1.54, 1.807) is 0 Å². The second kappa shape index (κ2) is 11.2. The van der Waals surface area contributed by atoms with Crippen molar-refractivity contribution in [2.75, 3.05) is 5.32 Å². The summed E-state index contributed by atoms with van der Waals surface area (Å²) in [6.07, 6.45) is 0. The minimum atomic E-state index is -0.0201. The monoisotopic (exact) mass is 468 g/mol. The molecule has 2 nitrogen and oxygen atoms in total. The molecule has 0 radical (unpaired) electrons. The van der Waals surface area contributed by atoms with Gasteiger partial charge in [0.25, 0.3) is 0 Å². The molecule has 33 heavy (non-hydrogen) atoms. The van der Waals surface area contributed by atoms with Crippen LogP contribution in [0.2, 0.25) is 0 Å². The van der Waals surface area contributed by atoms with Gasteiger partial charge in [0.05, 0.1) is 6.04 Å². The maximum atomic E-state index is 5.70. The molecule has 2 N–H and O–H groups in total. The van der Waals surface area contributed by atoms with Gasteiger partial charge in [-0.3, -0.25) is 0 Å². The Morgan fingerprint density at radius 1 is 0.818 bits per heavy atom. The van der Waals surface area contributed by atoms with Crippen LogP contribution in [-0.4, -0.2) is 5.11 Å². The van der Waals surface area contributed by atoms with Crippen molar-refractivity contribution in [3.63, 3.8) is 0 Å². The quantitative estimate of drug-likeness (QED) is 0.215. The molecule has 4 aromatic rings. The second-order valence-electron chi connectivity index (χ2n) is 8.10. The molecule has 0 amide bonds. The lowest BCUT2D eigenvalue weighted by molar-refractivity contribution is 0.762. The van der Waals surface area contributed by atoms with E-state index in [4.69, 9.17) is 12.2 Å².